The molecule has 3 rings (SSSR count). The summed E-state index contributed by atoms with van der Waals surface area (Å²) < 4.78 is 22.5. The number of nitrogens with zero attached hydrogens (tertiary/aromatic N) is 1. The monoisotopic (exact) mass is 533 g/mol. The summed E-state index contributed by atoms with van der Waals surface area (Å²) in [7, 11) is 0. The zero-order valence-electron chi connectivity index (χ0n) is 19.2. The van der Waals surface area contributed by atoms with Crippen molar-refractivity contribution in [1.82, 2.24) is 0 Å². The van der Waals surface area contributed by atoms with Crippen molar-refractivity contribution in [3.05, 3.63) is 67.9 Å². The molecule has 0 saturated carbocycles. The van der Waals surface area contributed by atoms with Crippen LogP contribution in [0.5, 0.6) is 5.75 Å². The molecule has 0 aliphatic heterocycles. The number of rotatable bonds is 8. The summed E-state index contributed by atoms with van der Waals surface area (Å²) in [6.45, 7) is 6.93. The predicted octanol–water partition coefficient (Wildman–Crippen LogP) is 5.74. The number of non-ortho nitro benzene ring substituents is 1. The van der Waals surface area contributed by atoms with Crippen molar-refractivity contribution in [1.29, 1.82) is 0 Å². The number of carbonyl (C=O) groups is 2. The van der Waals surface area contributed by atoms with Gasteiger partial charge in [-0.25, -0.2) is 4.79 Å². The van der Waals surface area contributed by atoms with Crippen LogP contribution in [0, 0.1) is 10.1 Å². The highest BCUT2D eigenvalue weighted by atomic mass is 79.9. The lowest BCUT2D eigenvalue weighted by Gasteiger charge is -2.19. The Balaban J connectivity index is 2.04. The predicted molar refractivity (Wildman–Crippen MR) is 127 cm³/mol. The molecule has 180 valence electrons. The third-order valence-corrected chi connectivity index (χ3v) is 5.06. The SMILES string of the molecule is CCOC(=O)Cc1ccccc1OCc1c(C(=O)OC(C)(C)C)oc2c([N+](=O)[O-])cc(Br)cc12. The summed E-state index contributed by atoms with van der Waals surface area (Å²) >= 11 is 3.28. The number of nitro benzene ring substituents is 1. The number of benzene rings is 2. The van der Waals surface area contributed by atoms with Crippen LogP contribution in [-0.4, -0.2) is 29.1 Å². The summed E-state index contributed by atoms with van der Waals surface area (Å²) in [6, 6.07) is 9.83. The van der Waals surface area contributed by atoms with Crippen LogP contribution in [0.25, 0.3) is 11.0 Å². The van der Waals surface area contributed by atoms with Crippen LogP contribution in [0.1, 0.15) is 49.4 Å². The van der Waals surface area contributed by atoms with E-state index < -0.39 is 22.5 Å². The molecule has 0 aliphatic carbocycles. The van der Waals surface area contributed by atoms with Gasteiger partial charge in [-0.2, -0.15) is 0 Å². The minimum absolute atomic E-state index is 0.00604. The minimum atomic E-state index is -0.813. The number of fused-ring (bicyclic) bond motifs is 1. The molecule has 0 saturated heterocycles. The highest BCUT2D eigenvalue weighted by Crippen LogP contribution is 2.37. The van der Waals surface area contributed by atoms with Gasteiger partial charge in [0.05, 0.1) is 23.5 Å². The van der Waals surface area contributed by atoms with Crippen LogP contribution in [0.2, 0.25) is 0 Å². The van der Waals surface area contributed by atoms with Gasteiger partial charge < -0.3 is 18.6 Å². The number of esters is 2. The van der Waals surface area contributed by atoms with Crippen molar-refractivity contribution in [3.8, 4) is 5.75 Å². The molecule has 0 bridgehead atoms. The lowest BCUT2D eigenvalue weighted by Crippen LogP contribution is -2.24. The summed E-state index contributed by atoms with van der Waals surface area (Å²) in [4.78, 5) is 35.9. The number of carbonyl (C=O) groups excluding carboxylic acids is 2. The third kappa shape index (κ3) is 5.93. The molecule has 0 unspecified atom stereocenters. The first-order valence-corrected chi connectivity index (χ1v) is 11.3. The molecule has 10 heteroatoms. The zero-order valence-corrected chi connectivity index (χ0v) is 20.8. The second kappa shape index (κ2) is 10.3. The molecular weight excluding hydrogens is 510 g/mol. The van der Waals surface area contributed by atoms with Crippen molar-refractivity contribution >= 4 is 44.5 Å². The summed E-state index contributed by atoms with van der Waals surface area (Å²) in [5.74, 6) is -0.952. The van der Waals surface area contributed by atoms with Gasteiger partial charge in [0.2, 0.25) is 11.3 Å². The van der Waals surface area contributed by atoms with E-state index in [1.54, 1.807) is 58.0 Å². The zero-order chi connectivity index (χ0) is 25.0. The van der Waals surface area contributed by atoms with Crippen LogP contribution in [0.4, 0.5) is 5.69 Å². The first kappa shape index (κ1) is 25.2. The molecule has 9 nitrogen and oxygen atoms in total. The fraction of sp³-hybridized carbons (Fsp3) is 0.333. The number of hydrogen-bond donors (Lipinski definition) is 0. The molecule has 0 spiro atoms. The normalized spacial score (nSPS) is 11.3. The first-order valence-electron chi connectivity index (χ1n) is 10.5. The average Bonchev–Trinajstić information content (AvgIpc) is 3.09. The Morgan fingerprint density at radius 3 is 2.53 bits per heavy atom. The maximum absolute atomic E-state index is 12.9. The minimum Gasteiger partial charge on any atom is -0.488 e. The quantitative estimate of drug-likeness (QED) is 0.204. The third-order valence-electron chi connectivity index (χ3n) is 4.60. The Morgan fingerprint density at radius 2 is 1.88 bits per heavy atom. The molecule has 0 amide bonds. The lowest BCUT2D eigenvalue weighted by molar-refractivity contribution is -0.383. The summed E-state index contributed by atoms with van der Waals surface area (Å²) in [6.07, 6.45) is 0.00604. The highest BCUT2D eigenvalue weighted by molar-refractivity contribution is 9.10. The van der Waals surface area contributed by atoms with Crippen molar-refractivity contribution in [2.75, 3.05) is 6.61 Å². The Labute approximate surface area is 204 Å². The number of para-hydroxylation sites is 1. The summed E-state index contributed by atoms with van der Waals surface area (Å²) in [5, 5.41) is 11.9. The van der Waals surface area contributed by atoms with Crippen LogP contribution in [-0.2, 0) is 27.3 Å². The smallest absolute Gasteiger partial charge is 0.375 e. The molecule has 2 aromatic carbocycles. The van der Waals surface area contributed by atoms with E-state index in [4.69, 9.17) is 18.6 Å². The van der Waals surface area contributed by atoms with Gasteiger partial charge in [-0.05, 0) is 39.8 Å². The number of ether oxygens (including phenoxy) is 3. The fourth-order valence-electron chi connectivity index (χ4n) is 3.27. The van der Waals surface area contributed by atoms with E-state index in [1.807, 2.05) is 0 Å². The van der Waals surface area contributed by atoms with Crippen LogP contribution >= 0.6 is 15.9 Å². The Hall–Kier alpha value is -3.40. The maximum atomic E-state index is 12.9. The standard InChI is InChI=1S/C24H24BrNO8/c1-5-31-20(27)10-14-8-6-7-9-19(14)32-13-17-16-11-15(25)12-18(26(29)30)21(16)33-22(17)23(28)34-24(2,3)4/h6-9,11-12H,5,10,13H2,1-4H3. The molecule has 0 N–H and O–H groups in total. The molecular formula is C24H24BrNO8. The van der Waals surface area contributed by atoms with Gasteiger partial charge in [0.25, 0.3) is 0 Å². The van der Waals surface area contributed by atoms with E-state index in [0.717, 1.165) is 0 Å². The molecule has 34 heavy (non-hydrogen) atoms. The summed E-state index contributed by atoms with van der Waals surface area (Å²) in [5.41, 5.74) is -0.289. The van der Waals surface area contributed by atoms with E-state index in [-0.39, 0.29) is 36.7 Å². The fourth-order valence-corrected chi connectivity index (χ4v) is 3.72. The van der Waals surface area contributed by atoms with E-state index in [1.165, 1.54) is 6.07 Å². The number of hydrogen-bond acceptors (Lipinski definition) is 8. The largest absolute Gasteiger partial charge is 0.488 e. The van der Waals surface area contributed by atoms with Gasteiger partial charge in [-0.15, -0.1) is 0 Å². The first-order chi connectivity index (χ1) is 16.0. The average molecular weight is 534 g/mol. The van der Waals surface area contributed by atoms with E-state index >= 15 is 0 Å². The molecule has 1 aromatic heterocycles. The van der Waals surface area contributed by atoms with Gasteiger partial charge in [-0.3, -0.25) is 14.9 Å². The molecule has 3 aromatic rings. The van der Waals surface area contributed by atoms with E-state index in [9.17, 15) is 19.7 Å². The molecule has 1 heterocycles. The number of halogens is 1. The molecule has 0 fully saturated rings. The Morgan fingerprint density at radius 1 is 1.18 bits per heavy atom. The highest BCUT2D eigenvalue weighted by Gasteiger charge is 2.30. The van der Waals surface area contributed by atoms with Gasteiger partial charge in [0.1, 0.15) is 18.0 Å². The van der Waals surface area contributed by atoms with E-state index in [0.29, 0.717) is 26.7 Å². The maximum Gasteiger partial charge on any atom is 0.375 e. The Kier molecular flexibility index (Phi) is 7.61. The topological polar surface area (TPSA) is 118 Å². The lowest BCUT2D eigenvalue weighted by atomic mass is 10.1. The van der Waals surface area contributed by atoms with Gasteiger partial charge >= 0.3 is 17.6 Å². The van der Waals surface area contributed by atoms with E-state index in [2.05, 4.69) is 15.9 Å². The molecule has 0 radical (unpaired) electrons. The van der Waals surface area contributed by atoms with Crippen LogP contribution in [0.15, 0.2) is 45.3 Å². The molecule has 0 aliphatic rings. The Bertz CT molecular complexity index is 1240. The van der Waals surface area contributed by atoms with Gasteiger partial charge in [0, 0.05) is 21.5 Å². The van der Waals surface area contributed by atoms with Crippen LogP contribution in [0.3, 0.4) is 0 Å². The molecule has 0 atom stereocenters. The van der Waals surface area contributed by atoms with Crippen molar-refractivity contribution in [3.63, 3.8) is 0 Å². The number of furan rings is 1. The van der Waals surface area contributed by atoms with Crippen molar-refractivity contribution < 1.29 is 33.1 Å². The van der Waals surface area contributed by atoms with Gasteiger partial charge in [-0.1, -0.05) is 34.1 Å². The van der Waals surface area contributed by atoms with Crippen molar-refractivity contribution in [2.45, 2.75) is 46.3 Å². The second-order valence-electron chi connectivity index (χ2n) is 8.35. The van der Waals surface area contributed by atoms with Gasteiger partial charge in [0.15, 0.2) is 0 Å². The van der Waals surface area contributed by atoms with Crippen molar-refractivity contribution in [2.24, 2.45) is 0 Å². The second-order valence-corrected chi connectivity index (χ2v) is 9.26. The number of nitro groups is 1. The van der Waals surface area contributed by atoms with Crippen LogP contribution < -0.4 is 4.74 Å².